The number of carbonyl (C=O) groups is 2. The number of hydrogen-bond acceptors (Lipinski definition) is 3. The zero-order valence-electron chi connectivity index (χ0n) is 14.5. The van der Waals surface area contributed by atoms with E-state index in [1.54, 1.807) is 29.3 Å². The van der Waals surface area contributed by atoms with Crippen molar-refractivity contribution in [3.8, 4) is 0 Å². The summed E-state index contributed by atoms with van der Waals surface area (Å²) in [6, 6.07) is 7.17. The van der Waals surface area contributed by atoms with Crippen molar-refractivity contribution >= 4 is 34.3 Å². The summed E-state index contributed by atoms with van der Waals surface area (Å²) >= 11 is 6.01. The number of benzene rings is 1. The van der Waals surface area contributed by atoms with Gasteiger partial charge in [-0.05, 0) is 44.9 Å². The van der Waals surface area contributed by atoms with Crippen LogP contribution in [0.25, 0.3) is 10.9 Å². The number of nitrogens with one attached hydrogen (secondary N) is 1. The molecule has 1 aromatic heterocycles. The Bertz CT molecular complexity index is 806. The lowest BCUT2D eigenvalue weighted by Crippen LogP contribution is -2.46. The smallest absolute Gasteiger partial charge is 0.254 e. The Balaban J connectivity index is 1.82. The summed E-state index contributed by atoms with van der Waals surface area (Å²) in [5.74, 6) is -0.182. The largest absolute Gasteiger partial charge is 0.354 e. The van der Waals surface area contributed by atoms with Crippen LogP contribution in [0.4, 0.5) is 0 Å². The monoisotopic (exact) mass is 359 g/mol. The summed E-state index contributed by atoms with van der Waals surface area (Å²) < 4.78 is 0. The first-order chi connectivity index (χ1) is 12.0. The molecule has 0 saturated carbocycles. The number of aromatic nitrogens is 1. The van der Waals surface area contributed by atoms with Gasteiger partial charge in [-0.1, -0.05) is 17.7 Å². The Hall–Kier alpha value is -2.14. The van der Waals surface area contributed by atoms with Gasteiger partial charge in [0, 0.05) is 35.7 Å². The zero-order chi connectivity index (χ0) is 18.0. The number of piperidine rings is 1. The fourth-order valence-corrected chi connectivity index (χ4v) is 3.42. The molecule has 1 saturated heterocycles. The molecule has 1 aliphatic rings. The number of amides is 2. The Kier molecular flexibility index (Phi) is 5.23. The van der Waals surface area contributed by atoms with E-state index in [9.17, 15) is 9.59 Å². The molecule has 2 aromatic rings. The molecule has 1 atom stereocenters. The molecule has 0 unspecified atom stereocenters. The highest BCUT2D eigenvalue weighted by atomic mass is 35.5. The summed E-state index contributed by atoms with van der Waals surface area (Å²) in [5, 5.41) is 4.32. The van der Waals surface area contributed by atoms with Crippen molar-refractivity contribution in [3.05, 3.63) is 41.0 Å². The number of carbonyl (C=O) groups excluding carboxylic acids is 2. The van der Waals surface area contributed by atoms with Gasteiger partial charge in [-0.25, -0.2) is 0 Å². The van der Waals surface area contributed by atoms with Gasteiger partial charge in [0.25, 0.3) is 5.91 Å². The van der Waals surface area contributed by atoms with Gasteiger partial charge >= 0.3 is 0 Å². The van der Waals surface area contributed by atoms with E-state index in [0.29, 0.717) is 29.2 Å². The van der Waals surface area contributed by atoms with Gasteiger partial charge in [-0.2, -0.15) is 0 Å². The second-order valence-electron chi connectivity index (χ2n) is 6.77. The van der Waals surface area contributed by atoms with Gasteiger partial charge in [-0.3, -0.25) is 14.6 Å². The van der Waals surface area contributed by atoms with Crippen LogP contribution in [0.3, 0.4) is 0 Å². The van der Waals surface area contributed by atoms with Crippen LogP contribution in [0.5, 0.6) is 0 Å². The number of pyridine rings is 1. The van der Waals surface area contributed by atoms with E-state index >= 15 is 0 Å². The van der Waals surface area contributed by atoms with Crippen molar-refractivity contribution in [3.63, 3.8) is 0 Å². The van der Waals surface area contributed by atoms with Crippen LogP contribution in [0.2, 0.25) is 5.02 Å². The van der Waals surface area contributed by atoms with Gasteiger partial charge < -0.3 is 10.2 Å². The van der Waals surface area contributed by atoms with Crippen LogP contribution in [-0.4, -0.2) is 40.8 Å². The summed E-state index contributed by atoms with van der Waals surface area (Å²) in [5.41, 5.74) is 1.30. The van der Waals surface area contributed by atoms with Gasteiger partial charge in [0.2, 0.25) is 5.91 Å². The molecule has 1 fully saturated rings. The minimum absolute atomic E-state index is 0.0267. The van der Waals surface area contributed by atoms with Gasteiger partial charge in [0.1, 0.15) is 0 Å². The number of fused-ring (bicyclic) bond motifs is 1. The number of rotatable bonds is 3. The zero-order valence-corrected chi connectivity index (χ0v) is 15.2. The molecule has 5 nitrogen and oxygen atoms in total. The lowest BCUT2D eigenvalue weighted by atomic mass is 9.96. The molecule has 0 radical (unpaired) electrons. The summed E-state index contributed by atoms with van der Waals surface area (Å²) in [6.07, 6.45) is 3.27. The van der Waals surface area contributed by atoms with E-state index in [2.05, 4.69) is 10.3 Å². The standard InChI is InChI=1S/C19H22ClN3O2/c1-12(2)22-18(24)13-4-3-9-23(11-13)19(25)16-7-8-21-17-10-14(20)5-6-15(16)17/h5-8,10,12-13H,3-4,9,11H2,1-2H3,(H,22,24)/t13-/m1/s1. The summed E-state index contributed by atoms with van der Waals surface area (Å²) in [7, 11) is 0. The third-order valence-corrected chi connectivity index (χ3v) is 4.68. The molecule has 1 aliphatic heterocycles. The maximum absolute atomic E-state index is 13.0. The van der Waals surface area contributed by atoms with Gasteiger partial charge in [0.05, 0.1) is 17.0 Å². The normalized spacial score (nSPS) is 17.8. The predicted octanol–water partition coefficient (Wildman–Crippen LogP) is 3.27. The maximum atomic E-state index is 13.0. The van der Waals surface area contributed by atoms with E-state index in [0.717, 1.165) is 18.2 Å². The topological polar surface area (TPSA) is 62.3 Å². The van der Waals surface area contributed by atoms with Crippen LogP contribution in [0.1, 0.15) is 37.0 Å². The molecule has 2 amide bonds. The molecule has 0 spiro atoms. The van der Waals surface area contributed by atoms with Gasteiger partial charge in [0.15, 0.2) is 0 Å². The van der Waals surface area contributed by atoms with Crippen molar-refractivity contribution in [1.82, 2.24) is 15.2 Å². The molecule has 2 heterocycles. The average molecular weight is 360 g/mol. The number of likely N-dealkylation sites (tertiary alicyclic amines) is 1. The second-order valence-corrected chi connectivity index (χ2v) is 7.21. The second kappa shape index (κ2) is 7.40. The molecule has 25 heavy (non-hydrogen) atoms. The Morgan fingerprint density at radius 1 is 1.32 bits per heavy atom. The van der Waals surface area contributed by atoms with E-state index in [1.807, 2.05) is 19.9 Å². The first-order valence-corrected chi connectivity index (χ1v) is 8.97. The molecule has 3 rings (SSSR count). The highest BCUT2D eigenvalue weighted by Crippen LogP contribution is 2.24. The van der Waals surface area contributed by atoms with Crippen LogP contribution in [0, 0.1) is 5.92 Å². The Morgan fingerprint density at radius 2 is 2.12 bits per heavy atom. The summed E-state index contributed by atoms with van der Waals surface area (Å²) in [6.45, 7) is 5.01. The lowest BCUT2D eigenvalue weighted by Gasteiger charge is -2.32. The molecule has 0 aliphatic carbocycles. The Morgan fingerprint density at radius 3 is 2.88 bits per heavy atom. The van der Waals surface area contributed by atoms with Crippen molar-refractivity contribution in [2.45, 2.75) is 32.7 Å². The first-order valence-electron chi connectivity index (χ1n) is 8.59. The summed E-state index contributed by atoms with van der Waals surface area (Å²) in [4.78, 5) is 31.4. The third kappa shape index (κ3) is 3.93. The van der Waals surface area contributed by atoms with Crippen molar-refractivity contribution in [1.29, 1.82) is 0 Å². The number of halogens is 1. The quantitative estimate of drug-likeness (QED) is 0.914. The SMILES string of the molecule is CC(C)NC(=O)[C@@H]1CCCN(C(=O)c2ccnc3cc(Cl)ccc23)C1. The molecule has 6 heteroatoms. The van der Waals surface area contributed by atoms with Crippen molar-refractivity contribution < 1.29 is 9.59 Å². The average Bonchev–Trinajstić information content (AvgIpc) is 2.60. The number of hydrogen-bond donors (Lipinski definition) is 1. The minimum atomic E-state index is -0.150. The van der Waals surface area contributed by atoms with E-state index in [4.69, 9.17) is 11.6 Å². The molecule has 132 valence electrons. The van der Waals surface area contributed by atoms with E-state index in [1.165, 1.54) is 0 Å². The molecule has 1 N–H and O–H groups in total. The Labute approximate surface area is 152 Å². The molecular weight excluding hydrogens is 338 g/mol. The first kappa shape index (κ1) is 17.7. The van der Waals surface area contributed by atoms with Crippen LogP contribution < -0.4 is 5.32 Å². The van der Waals surface area contributed by atoms with E-state index in [-0.39, 0.29) is 23.8 Å². The predicted molar refractivity (Wildman–Crippen MR) is 98.7 cm³/mol. The highest BCUT2D eigenvalue weighted by molar-refractivity contribution is 6.31. The van der Waals surface area contributed by atoms with Crippen LogP contribution in [-0.2, 0) is 4.79 Å². The van der Waals surface area contributed by atoms with Crippen LogP contribution >= 0.6 is 11.6 Å². The van der Waals surface area contributed by atoms with Crippen molar-refractivity contribution in [2.75, 3.05) is 13.1 Å². The lowest BCUT2D eigenvalue weighted by molar-refractivity contribution is -0.126. The fraction of sp³-hybridized carbons (Fsp3) is 0.421. The van der Waals surface area contributed by atoms with Crippen LogP contribution in [0.15, 0.2) is 30.5 Å². The third-order valence-electron chi connectivity index (χ3n) is 4.45. The number of nitrogens with zero attached hydrogens (tertiary/aromatic N) is 2. The molecule has 1 aromatic carbocycles. The van der Waals surface area contributed by atoms with Gasteiger partial charge in [-0.15, -0.1) is 0 Å². The minimum Gasteiger partial charge on any atom is -0.354 e. The van der Waals surface area contributed by atoms with Crippen molar-refractivity contribution in [2.24, 2.45) is 5.92 Å². The highest BCUT2D eigenvalue weighted by Gasteiger charge is 2.29. The fourth-order valence-electron chi connectivity index (χ4n) is 3.26. The molecule has 0 bridgehead atoms. The maximum Gasteiger partial charge on any atom is 0.254 e. The molecular formula is C19H22ClN3O2. The van der Waals surface area contributed by atoms with E-state index < -0.39 is 0 Å².